The molecule has 0 spiro atoms. The number of Topliss-reactive ketones (excluding diaryl/α,β-unsaturated/α-hetero) is 1. The Balaban J connectivity index is 1.24. The van der Waals surface area contributed by atoms with Crippen LogP contribution in [-0.2, 0) is 4.79 Å². The van der Waals surface area contributed by atoms with Gasteiger partial charge in [-0.25, -0.2) is 0 Å². The Morgan fingerprint density at radius 2 is 1.83 bits per heavy atom. The summed E-state index contributed by atoms with van der Waals surface area (Å²) in [5.74, 6) is 2.08. The van der Waals surface area contributed by atoms with E-state index in [1.807, 2.05) is 18.2 Å². The largest absolute Gasteiger partial charge is 0.341 e. The second-order valence-electron chi connectivity index (χ2n) is 6.55. The molecule has 1 amide bonds. The van der Waals surface area contributed by atoms with Gasteiger partial charge in [-0.1, -0.05) is 35.5 Å². The third kappa shape index (κ3) is 3.09. The first-order valence-corrected chi connectivity index (χ1v) is 8.40. The van der Waals surface area contributed by atoms with Crippen molar-refractivity contribution in [2.75, 3.05) is 13.1 Å². The Hall–Kier alpha value is -2.50. The van der Waals surface area contributed by atoms with Crippen molar-refractivity contribution in [1.82, 2.24) is 15.0 Å². The minimum atomic E-state index is 0.00648. The van der Waals surface area contributed by atoms with E-state index in [2.05, 4.69) is 10.1 Å². The maximum Gasteiger partial charge on any atom is 0.233 e. The zero-order valence-electron chi connectivity index (χ0n) is 13.4. The van der Waals surface area contributed by atoms with E-state index in [1.54, 1.807) is 17.0 Å². The first-order valence-electron chi connectivity index (χ1n) is 8.40. The second-order valence-corrected chi connectivity index (χ2v) is 6.55. The van der Waals surface area contributed by atoms with Gasteiger partial charge in [0.1, 0.15) is 0 Å². The van der Waals surface area contributed by atoms with Crippen LogP contribution in [0.4, 0.5) is 0 Å². The molecular formula is C18H19N3O3. The Bertz CT molecular complexity index is 746. The molecule has 6 heteroatoms. The molecule has 1 saturated carbocycles. The number of benzene rings is 1. The van der Waals surface area contributed by atoms with E-state index < -0.39 is 0 Å². The zero-order valence-corrected chi connectivity index (χ0v) is 13.4. The monoisotopic (exact) mass is 325 g/mol. The first kappa shape index (κ1) is 15.1. The molecule has 2 aromatic rings. The Kier molecular flexibility index (Phi) is 3.88. The fraction of sp³-hybridized carbons (Fsp3) is 0.444. The fourth-order valence-corrected chi connectivity index (χ4v) is 2.91. The second kappa shape index (κ2) is 6.19. The number of hydrogen-bond acceptors (Lipinski definition) is 5. The molecule has 2 aliphatic rings. The highest BCUT2D eigenvalue weighted by Crippen LogP contribution is 2.39. The molecule has 1 aromatic carbocycles. The zero-order chi connectivity index (χ0) is 16.5. The number of carbonyl (C=O) groups excluding carboxylic acids is 2. The first-order chi connectivity index (χ1) is 11.7. The van der Waals surface area contributed by atoms with Crippen molar-refractivity contribution in [1.29, 1.82) is 0 Å². The number of likely N-dealkylation sites (tertiary alicyclic amines) is 1. The number of carbonyl (C=O) groups is 2. The fourth-order valence-electron chi connectivity index (χ4n) is 2.91. The van der Waals surface area contributed by atoms with Gasteiger partial charge in [0, 0.05) is 37.4 Å². The molecule has 2 fully saturated rings. The van der Waals surface area contributed by atoms with E-state index in [9.17, 15) is 9.59 Å². The summed E-state index contributed by atoms with van der Waals surface area (Å²) in [6, 6.07) is 9.08. The summed E-state index contributed by atoms with van der Waals surface area (Å²) in [5, 5.41) is 4.01. The lowest BCUT2D eigenvalue weighted by molar-refractivity contribution is -0.135. The Labute approximate surface area is 139 Å². The standard InChI is InChI=1S/C18H19N3O3/c22-15(12-4-2-1-3-5-12)8-9-16(23)21-10-14(11-21)18-19-17(20-24-18)13-6-7-13/h1-5,13-14H,6-11H2. The highest BCUT2D eigenvalue weighted by Gasteiger charge is 2.37. The molecular weight excluding hydrogens is 306 g/mol. The van der Waals surface area contributed by atoms with E-state index in [1.165, 1.54) is 0 Å². The van der Waals surface area contributed by atoms with Crippen molar-refractivity contribution in [3.8, 4) is 0 Å². The van der Waals surface area contributed by atoms with Gasteiger partial charge in [-0.3, -0.25) is 9.59 Å². The highest BCUT2D eigenvalue weighted by molar-refractivity contribution is 5.97. The lowest BCUT2D eigenvalue weighted by Gasteiger charge is -2.37. The molecule has 0 radical (unpaired) electrons. The summed E-state index contributed by atoms with van der Waals surface area (Å²) < 4.78 is 5.30. The normalized spacial score (nSPS) is 17.6. The molecule has 2 heterocycles. The number of amides is 1. The quantitative estimate of drug-likeness (QED) is 0.763. The van der Waals surface area contributed by atoms with Crippen LogP contribution in [0.25, 0.3) is 0 Å². The van der Waals surface area contributed by atoms with Crippen LogP contribution in [0.1, 0.15) is 59.6 Å². The van der Waals surface area contributed by atoms with Crippen molar-refractivity contribution >= 4 is 11.7 Å². The molecule has 0 bridgehead atoms. The van der Waals surface area contributed by atoms with Gasteiger partial charge < -0.3 is 9.42 Å². The number of nitrogens with zero attached hydrogens (tertiary/aromatic N) is 3. The van der Waals surface area contributed by atoms with Crippen molar-refractivity contribution in [2.45, 2.75) is 37.5 Å². The number of ketones is 1. The summed E-state index contributed by atoms with van der Waals surface area (Å²) in [6.45, 7) is 1.20. The van der Waals surface area contributed by atoms with Gasteiger partial charge in [0.15, 0.2) is 11.6 Å². The Morgan fingerprint density at radius 3 is 2.54 bits per heavy atom. The molecule has 1 aromatic heterocycles. The summed E-state index contributed by atoms with van der Waals surface area (Å²) in [6.07, 6.45) is 2.78. The maximum absolute atomic E-state index is 12.2. The number of aromatic nitrogens is 2. The minimum absolute atomic E-state index is 0.00648. The van der Waals surface area contributed by atoms with E-state index >= 15 is 0 Å². The third-order valence-corrected chi connectivity index (χ3v) is 4.65. The molecule has 0 unspecified atom stereocenters. The molecule has 124 valence electrons. The van der Waals surface area contributed by atoms with Crippen LogP contribution in [0.2, 0.25) is 0 Å². The van der Waals surface area contributed by atoms with Crippen molar-refractivity contribution in [2.24, 2.45) is 0 Å². The average molecular weight is 325 g/mol. The van der Waals surface area contributed by atoms with E-state index in [0.29, 0.717) is 30.5 Å². The van der Waals surface area contributed by atoms with E-state index in [0.717, 1.165) is 18.7 Å². The molecule has 1 saturated heterocycles. The van der Waals surface area contributed by atoms with Crippen molar-refractivity contribution in [3.63, 3.8) is 0 Å². The summed E-state index contributed by atoms with van der Waals surface area (Å²) in [7, 11) is 0. The van der Waals surface area contributed by atoms with Gasteiger partial charge in [-0.05, 0) is 12.8 Å². The number of hydrogen-bond donors (Lipinski definition) is 0. The van der Waals surface area contributed by atoms with Crippen LogP contribution < -0.4 is 0 Å². The van der Waals surface area contributed by atoms with Gasteiger partial charge in [-0.15, -0.1) is 0 Å². The molecule has 6 nitrogen and oxygen atoms in total. The molecule has 4 rings (SSSR count). The van der Waals surface area contributed by atoms with E-state index in [4.69, 9.17) is 4.52 Å². The molecule has 1 aliphatic carbocycles. The summed E-state index contributed by atoms with van der Waals surface area (Å²) in [4.78, 5) is 30.4. The van der Waals surface area contributed by atoms with Crippen LogP contribution in [-0.4, -0.2) is 39.8 Å². The van der Waals surface area contributed by atoms with Crippen LogP contribution in [0.15, 0.2) is 34.9 Å². The minimum Gasteiger partial charge on any atom is -0.341 e. The highest BCUT2D eigenvalue weighted by atomic mass is 16.5. The van der Waals surface area contributed by atoms with Crippen LogP contribution in [0.3, 0.4) is 0 Å². The maximum atomic E-state index is 12.2. The lowest BCUT2D eigenvalue weighted by atomic mass is 9.98. The molecule has 24 heavy (non-hydrogen) atoms. The molecule has 0 N–H and O–H groups in total. The van der Waals surface area contributed by atoms with Crippen LogP contribution in [0.5, 0.6) is 0 Å². The van der Waals surface area contributed by atoms with Gasteiger partial charge in [-0.2, -0.15) is 4.98 Å². The molecule has 1 aliphatic heterocycles. The van der Waals surface area contributed by atoms with Gasteiger partial charge in [0.2, 0.25) is 11.8 Å². The predicted molar refractivity (Wildman–Crippen MR) is 85.6 cm³/mol. The Morgan fingerprint density at radius 1 is 1.08 bits per heavy atom. The summed E-state index contributed by atoms with van der Waals surface area (Å²) in [5.41, 5.74) is 0.658. The van der Waals surface area contributed by atoms with Crippen molar-refractivity contribution < 1.29 is 14.1 Å². The third-order valence-electron chi connectivity index (χ3n) is 4.65. The molecule has 0 atom stereocenters. The predicted octanol–water partition coefficient (Wildman–Crippen LogP) is 2.54. The topological polar surface area (TPSA) is 76.3 Å². The number of rotatable bonds is 6. The SMILES string of the molecule is O=C(CCC(=O)N1CC(c2nc(C3CC3)no2)C1)c1ccccc1. The van der Waals surface area contributed by atoms with Crippen LogP contribution in [0, 0.1) is 0 Å². The lowest BCUT2D eigenvalue weighted by Crippen LogP contribution is -2.48. The van der Waals surface area contributed by atoms with Crippen LogP contribution >= 0.6 is 0 Å². The summed E-state index contributed by atoms with van der Waals surface area (Å²) >= 11 is 0. The van der Waals surface area contributed by atoms with Gasteiger partial charge in [0.05, 0.1) is 5.92 Å². The van der Waals surface area contributed by atoms with Gasteiger partial charge >= 0.3 is 0 Å². The van der Waals surface area contributed by atoms with Gasteiger partial charge in [0.25, 0.3) is 0 Å². The van der Waals surface area contributed by atoms with Crippen molar-refractivity contribution in [3.05, 3.63) is 47.6 Å². The van der Waals surface area contributed by atoms with E-state index in [-0.39, 0.29) is 30.4 Å². The average Bonchev–Trinajstić information content (AvgIpc) is 3.31. The smallest absolute Gasteiger partial charge is 0.233 e.